The summed E-state index contributed by atoms with van der Waals surface area (Å²) >= 11 is 0. The van der Waals surface area contributed by atoms with E-state index in [1.54, 1.807) is 6.92 Å². The van der Waals surface area contributed by atoms with E-state index in [1.165, 1.54) is 0 Å². The van der Waals surface area contributed by atoms with Crippen LogP contribution in [0.25, 0.3) is 0 Å². The van der Waals surface area contributed by atoms with E-state index < -0.39 is 8.60 Å². The minimum absolute atomic E-state index is 0. The third kappa shape index (κ3) is 11.5. The van der Waals surface area contributed by atoms with Crippen molar-refractivity contribution in [2.75, 3.05) is 6.61 Å². The second kappa shape index (κ2) is 7.95. The van der Waals surface area contributed by atoms with Crippen molar-refractivity contribution < 1.29 is 14.3 Å². The van der Waals surface area contributed by atoms with Crippen molar-refractivity contribution >= 4 is 60.0 Å². The Labute approximate surface area is 86.5 Å². The van der Waals surface area contributed by atoms with Crippen molar-refractivity contribution in [3.8, 4) is 0 Å². The number of hydrogen-bond acceptors (Lipinski definition) is 3. The molecule has 0 rings (SSSR count). The van der Waals surface area contributed by atoms with Gasteiger partial charge in [0.05, 0.1) is 6.61 Å². The molecule has 0 aromatic carbocycles. The molecule has 7 heavy (non-hydrogen) atoms. The van der Waals surface area contributed by atoms with E-state index in [1.807, 2.05) is 0 Å². The van der Waals surface area contributed by atoms with Crippen LogP contribution in [-0.2, 0) is 4.52 Å². The summed E-state index contributed by atoms with van der Waals surface area (Å²) in [6, 6.07) is 0. The molecule has 0 aliphatic heterocycles. The van der Waals surface area contributed by atoms with E-state index in [0.717, 1.165) is 0 Å². The van der Waals surface area contributed by atoms with Gasteiger partial charge in [0.2, 0.25) is 0 Å². The summed E-state index contributed by atoms with van der Waals surface area (Å²) in [6.07, 6.45) is 0. The van der Waals surface area contributed by atoms with Gasteiger partial charge in [-0.25, -0.2) is 0 Å². The van der Waals surface area contributed by atoms with Gasteiger partial charge in [-0.2, -0.15) is 0 Å². The maximum absolute atomic E-state index is 7.95. The first-order chi connectivity index (χ1) is 2.77. The molecular weight excluding hydrogens is 142 g/mol. The van der Waals surface area contributed by atoms with E-state index in [4.69, 9.17) is 9.79 Å². The molecule has 0 aliphatic carbocycles. The van der Waals surface area contributed by atoms with Crippen LogP contribution in [0.3, 0.4) is 0 Å². The summed E-state index contributed by atoms with van der Waals surface area (Å²) in [7, 11) is -2.10. The van der Waals surface area contributed by atoms with Gasteiger partial charge in [-0.15, -0.1) is 0 Å². The predicted molar refractivity (Wildman–Crippen MR) is 30.1 cm³/mol. The van der Waals surface area contributed by atoms with E-state index in [9.17, 15) is 0 Å². The molecule has 0 atom stereocenters. The van der Waals surface area contributed by atoms with Crippen molar-refractivity contribution in [1.82, 2.24) is 0 Å². The van der Waals surface area contributed by atoms with Crippen LogP contribution >= 0.6 is 8.60 Å². The molecule has 0 aliphatic rings. The first-order valence-corrected chi connectivity index (χ1v) is 2.74. The fourth-order valence-electron chi connectivity index (χ4n) is 0.115. The van der Waals surface area contributed by atoms with E-state index >= 15 is 0 Å². The van der Waals surface area contributed by atoms with Gasteiger partial charge >= 0.3 is 60.0 Å². The van der Waals surface area contributed by atoms with Crippen LogP contribution in [0.4, 0.5) is 0 Å². The Hall–Kier alpha value is 1.95. The fourth-order valence-corrected chi connectivity index (χ4v) is 0.346. The Morgan fingerprint density at radius 2 is 2.00 bits per heavy atom. The van der Waals surface area contributed by atoms with Gasteiger partial charge < -0.3 is 14.3 Å². The first-order valence-electron chi connectivity index (χ1n) is 1.58. The Balaban J connectivity index is 0. The van der Waals surface area contributed by atoms with Gasteiger partial charge in [-0.1, -0.05) is 0 Å². The summed E-state index contributed by atoms with van der Waals surface area (Å²) in [4.78, 5) is 15.9. The van der Waals surface area contributed by atoms with Crippen LogP contribution in [0.5, 0.6) is 0 Å². The van der Waals surface area contributed by atoms with Crippen LogP contribution in [0.15, 0.2) is 0 Å². The van der Waals surface area contributed by atoms with Gasteiger partial charge in [0.25, 0.3) is 0 Å². The Morgan fingerprint density at radius 1 is 1.57 bits per heavy atom. The van der Waals surface area contributed by atoms with Crippen LogP contribution in [-0.4, -0.2) is 67.8 Å². The molecule has 2 N–H and O–H groups in total. The number of hydrogen-bond donors (Lipinski definition) is 2. The molecule has 0 heterocycles. The molecule has 0 aromatic rings. The summed E-state index contributed by atoms with van der Waals surface area (Å²) in [6.45, 7) is 2.06. The van der Waals surface area contributed by atoms with Gasteiger partial charge in [-0.3, -0.25) is 0 Å². The molecule has 0 bridgehead atoms. The van der Waals surface area contributed by atoms with E-state index in [-0.39, 0.29) is 51.4 Å². The van der Waals surface area contributed by atoms with E-state index in [0.29, 0.717) is 6.61 Å². The van der Waals surface area contributed by atoms with Crippen molar-refractivity contribution in [2.45, 2.75) is 6.92 Å². The molecule has 0 fully saturated rings. The zero-order chi connectivity index (χ0) is 4.99. The SMILES string of the molecule is CCOP(O)O.[KH]. The van der Waals surface area contributed by atoms with Gasteiger partial charge in [-0.05, 0) is 6.92 Å². The van der Waals surface area contributed by atoms with Crippen LogP contribution < -0.4 is 0 Å². The molecule has 0 unspecified atom stereocenters. The van der Waals surface area contributed by atoms with Crippen molar-refractivity contribution in [1.29, 1.82) is 0 Å². The Bertz CT molecular complexity index is 34.1. The first kappa shape index (κ1) is 11.7. The zero-order valence-electron chi connectivity index (χ0n) is 3.46. The summed E-state index contributed by atoms with van der Waals surface area (Å²) in [5, 5.41) is 0. The average Bonchev–Trinajstić information content (AvgIpc) is 1.35. The predicted octanol–water partition coefficient (Wildman–Crippen LogP) is -0.414. The summed E-state index contributed by atoms with van der Waals surface area (Å²) < 4.78 is 4.22. The van der Waals surface area contributed by atoms with Crippen LogP contribution in [0, 0.1) is 0 Å². The molecule has 3 nitrogen and oxygen atoms in total. The molecule has 40 valence electrons. The molecule has 0 amide bonds. The second-order valence-electron chi connectivity index (χ2n) is 0.671. The standard InChI is InChI=1S/C2H7O3P.K.H/c1-2-5-6(3)4;;/h3-4H,2H2,1H3;;. The fraction of sp³-hybridized carbons (Fsp3) is 1.00. The average molecular weight is 150 g/mol. The molecule has 0 saturated carbocycles. The molecule has 0 aromatic heterocycles. The van der Waals surface area contributed by atoms with Gasteiger partial charge in [0.15, 0.2) is 0 Å². The molecule has 0 radical (unpaired) electrons. The summed E-state index contributed by atoms with van der Waals surface area (Å²) in [5.74, 6) is 0. The monoisotopic (exact) mass is 150 g/mol. The Kier molecular flexibility index (Phi) is 13.3. The molecule has 5 heteroatoms. The van der Waals surface area contributed by atoms with Gasteiger partial charge in [0, 0.05) is 0 Å². The molecular formula is C2H8KO3P. The van der Waals surface area contributed by atoms with Crippen LogP contribution in [0.2, 0.25) is 0 Å². The molecule has 0 spiro atoms. The normalized spacial score (nSPS) is 8.57. The van der Waals surface area contributed by atoms with Crippen molar-refractivity contribution in [3.63, 3.8) is 0 Å². The van der Waals surface area contributed by atoms with E-state index in [2.05, 4.69) is 4.52 Å². The zero-order valence-corrected chi connectivity index (χ0v) is 4.35. The maximum atomic E-state index is 7.95. The van der Waals surface area contributed by atoms with Gasteiger partial charge in [0.1, 0.15) is 0 Å². The van der Waals surface area contributed by atoms with Crippen LogP contribution in [0.1, 0.15) is 6.92 Å². The van der Waals surface area contributed by atoms with Crippen molar-refractivity contribution in [3.05, 3.63) is 0 Å². The number of rotatable bonds is 2. The third-order valence-corrected chi connectivity index (χ3v) is 0.734. The third-order valence-electron chi connectivity index (χ3n) is 0.245. The topological polar surface area (TPSA) is 49.7 Å². The molecule has 0 saturated heterocycles. The minimum atomic E-state index is -2.10. The Morgan fingerprint density at radius 3 is 2.00 bits per heavy atom. The second-order valence-corrected chi connectivity index (χ2v) is 1.43. The summed E-state index contributed by atoms with van der Waals surface area (Å²) in [5.41, 5.74) is 0. The quantitative estimate of drug-likeness (QED) is 0.415. The van der Waals surface area contributed by atoms with Crippen molar-refractivity contribution in [2.24, 2.45) is 0 Å².